The van der Waals surface area contributed by atoms with Gasteiger partial charge in [-0.3, -0.25) is 4.79 Å². The summed E-state index contributed by atoms with van der Waals surface area (Å²) in [5, 5.41) is 3.47. The molecule has 1 saturated heterocycles. The molecular weight excluding hydrogens is 240 g/mol. The Bertz CT molecular complexity index is 454. The number of nitrogens with one attached hydrogen (secondary N) is 1. The van der Waals surface area contributed by atoms with Crippen LogP contribution in [0.25, 0.3) is 0 Å². The van der Waals surface area contributed by atoms with E-state index in [1.54, 1.807) is 12.5 Å². The molecule has 0 aromatic carbocycles. The van der Waals surface area contributed by atoms with Crippen LogP contribution in [-0.2, 0) is 7.05 Å². The third-order valence-corrected chi connectivity index (χ3v) is 4.60. The van der Waals surface area contributed by atoms with E-state index in [9.17, 15) is 4.79 Å². The lowest BCUT2D eigenvalue weighted by atomic mass is 9.79. The van der Waals surface area contributed by atoms with Gasteiger partial charge in [0.1, 0.15) is 5.69 Å². The molecule has 3 rings (SSSR count). The van der Waals surface area contributed by atoms with Crippen LogP contribution in [0, 0.1) is 0 Å². The molecule has 104 valence electrons. The van der Waals surface area contributed by atoms with Gasteiger partial charge in [-0.25, -0.2) is 4.98 Å². The van der Waals surface area contributed by atoms with Gasteiger partial charge < -0.3 is 14.8 Å². The van der Waals surface area contributed by atoms with Gasteiger partial charge in [0.05, 0.1) is 18.1 Å². The lowest BCUT2D eigenvalue weighted by Crippen LogP contribution is -2.63. The average Bonchev–Trinajstić information content (AvgIpc) is 2.86. The fourth-order valence-electron chi connectivity index (χ4n) is 3.52. The molecule has 0 unspecified atom stereocenters. The van der Waals surface area contributed by atoms with Crippen molar-refractivity contribution in [2.24, 2.45) is 7.05 Å². The summed E-state index contributed by atoms with van der Waals surface area (Å²) >= 11 is 0. The molecule has 1 spiro atoms. The van der Waals surface area contributed by atoms with Gasteiger partial charge in [0, 0.05) is 26.7 Å². The van der Waals surface area contributed by atoms with E-state index in [0.29, 0.717) is 5.69 Å². The third-order valence-electron chi connectivity index (χ3n) is 4.60. The zero-order valence-electron chi connectivity index (χ0n) is 11.6. The number of hydrogen-bond donors (Lipinski definition) is 1. The molecule has 0 atom stereocenters. The number of piperazine rings is 1. The first-order chi connectivity index (χ1) is 9.23. The second-order valence-corrected chi connectivity index (χ2v) is 5.81. The monoisotopic (exact) mass is 262 g/mol. The highest BCUT2D eigenvalue weighted by atomic mass is 16.2. The van der Waals surface area contributed by atoms with Crippen LogP contribution in [0.15, 0.2) is 12.5 Å². The molecule has 1 amide bonds. The summed E-state index contributed by atoms with van der Waals surface area (Å²) in [6.45, 7) is 2.64. The van der Waals surface area contributed by atoms with Crippen molar-refractivity contribution in [2.45, 2.75) is 37.6 Å². The van der Waals surface area contributed by atoms with Gasteiger partial charge in [-0.15, -0.1) is 0 Å². The van der Waals surface area contributed by atoms with E-state index in [1.807, 2.05) is 11.6 Å². The summed E-state index contributed by atoms with van der Waals surface area (Å²) < 4.78 is 1.82. The van der Waals surface area contributed by atoms with Crippen molar-refractivity contribution in [3.63, 3.8) is 0 Å². The van der Waals surface area contributed by atoms with Crippen molar-refractivity contribution in [1.29, 1.82) is 0 Å². The normalized spacial score (nSPS) is 22.7. The van der Waals surface area contributed by atoms with Crippen molar-refractivity contribution in [3.8, 4) is 0 Å². The van der Waals surface area contributed by atoms with Gasteiger partial charge >= 0.3 is 0 Å². The third kappa shape index (κ3) is 2.16. The first kappa shape index (κ1) is 12.7. The number of rotatable bonds is 1. The molecule has 1 saturated carbocycles. The van der Waals surface area contributed by atoms with Crippen LogP contribution in [0.3, 0.4) is 0 Å². The number of imidazole rings is 1. The lowest BCUT2D eigenvalue weighted by molar-refractivity contribution is 0.0214. The van der Waals surface area contributed by atoms with Gasteiger partial charge in [-0.2, -0.15) is 0 Å². The molecule has 19 heavy (non-hydrogen) atoms. The van der Waals surface area contributed by atoms with Gasteiger partial charge in [-0.1, -0.05) is 19.3 Å². The summed E-state index contributed by atoms with van der Waals surface area (Å²) in [6.07, 6.45) is 9.40. The second-order valence-electron chi connectivity index (χ2n) is 5.81. The number of amides is 1. The number of hydrogen-bond acceptors (Lipinski definition) is 3. The van der Waals surface area contributed by atoms with Crippen LogP contribution in [0.4, 0.5) is 0 Å². The van der Waals surface area contributed by atoms with Crippen molar-refractivity contribution in [2.75, 3.05) is 19.6 Å². The molecule has 2 fully saturated rings. The molecular formula is C14H22N4O. The molecule has 1 aromatic rings. The van der Waals surface area contributed by atoms with Gasteiger partial charge in [-0.05, 0) is 12.8 Å². The number of nitrogens with zero attached hydrogens (tertiary/aromatic N) is 3. The van der Waals surface area contributed by atoms with Gasteiger partial charge in [0.15, 0.2) is 0 Å². The standard InChI is InChI=1S/C14H22N4O/c1-17-11-16-9-12(17)13(19)18-8-7-15-10-14(18)5-3-2-4-6-14/h9,11,15H,2-8,10H2,1H3. The minimum atomic E-state index is 0.0395. The predicted molar refractivity (Wildman–Crippen MR) is 72.9 cm³/mol. The first-order valence-corrected chi connectivity index (χ1v) is 7.22. The summed E-state index contributed by atoms with van der Waals surface area (Å²) in [4.78, 5) is 19.0. The highest BCUT2D eigenvalue weighted by molar-refractivity contribution is 5.93. The van der Waals surface area contributed by atoms with E-state index < -0.39 is 0 Å². The van der Waals surface area contributed by atoms with E-state index in [1.165, 1.54) is 19.3 Å². The minimum absolute atomic E-state index is 0.0395. The molecule has 5 nitrogen and oxygen atoms in total. The average molecular weight is 262 g/mol. The van der Waals surface area contributed by atoms with Crippen molar-refractivity contribution >= 4 is 5.91 Å². The van der Waals surface area contributed by atoms with Crippen LogP contribution in [-0.4, -0.2) is 45.5 Å². The minimum Gasteiger partial charge on any atom is -0.330 e. The van der Waals surface area contributed by atoms with Crippen LogP contribution >= 0.6 is 0 Å². The highest BCUT2D eigenvalue weighted by Gasteiger charge is 2.42. The molecule has 0 radical (unpaired) electrons. The topological polar surface area (TPSA) is 50.2 Å². The number of aromatic nitrogens is 2. The molecule has 2 heterocycles. The van der Waals surface area contributed by atoms with E-state index in [0.717, 1.165) is 32.5 Å². The Morgan fingerprint density at radius 2 is 2.16 bits per heavy atom. The maximum Gasteiger partial charge on any atom is 0.272 e. The quantitative estimate of drug-likeness (QED) is 0.826. The zero-order valence-corrected chi connectivity index (χ0v) is 11.6. The summed E-state index contributed by atoms with van der Waals surface area (Å²) in [5.74, 6) is 0.142. The predicted octanol–water partition coefficient (Wildman–Crippen LogP) is 1.17. The fraction of sp³-hybridized carbons (Fsp3) is 0.714. The Morgan fingerprint density at radius 3 is 2.84 bits per heavy atom. The van der Waals surface area contributed by atoms with E-state index >= 15 is 0 Å². The van der Waals surface area contributed by atoms with E-state index in [4.69, 9.17) is 0 Å². The van der Waals surface area contributed by atoms with Crippen LogP contribution in [0.1, 0.15) is 42.6 Å². The van der Waals surface area contributed by atoms with Crippen LogP contribution < -0.4 is 5.32 Å². The van der Waals surface area contributed by atoms with Gasteiger partial charge in [0.25, 0.3) is 5.91 Å². The van der Waals surface area contributed by atoms with Crippen LogP contribution in [0.5, 0.6) is 0 Å². The zero-order chi connectivity index (χ0) is 13.3. The molecule has 1 aromatic heterocycles. The summed E-state index contributed by atoms with van der Waals surface area (Å²) in [7, 11) is 1.88. The first-order valence-electron chi connectivity index (χ1n) is 7.22. The lowest BCUT2D eigenvalue weighted by Gasteiger charge is -2.49. The maximum atomic E-state index is 12.8. The Hall–Kier alpha value is -1.36. The largest absolute Gasteiger partial charge is 0.330 e. The SMILES string of the molecule is Cn1cncc1C(=O)N1CCNCC12CCCCC2. The maximum absolute atomic E-state index is 12.8. The Balaban J connectivity index is 1.88. The number of carbonyl (C=O) groups is 1. The Kier molecular flexibility index (Phi) is 3.31. The number of carbonyl (C=O) groups excluding carboxylic acids is 1. The summed E-state index contributed by atoms with van der Waals surface area (Å²) in [5.41, 5.74) is 0.740. The summed E-state index contributed by atoms with van der Waals surface area (Å²) in [6, 6.07) is 0. The Morgan fingerprint density at radius 1 is 1.37 bits per heavy atom. The molecule has 1 N–H and O–H groups in total. The number of aryl methyl sites for hydroxylation is 1. The molecule has 2 aliphatic rings. The van der Waals surface area contributed by atoms with Gasteiger partial charge in [0.2, 0.25) is 0 Å². The molecule has 0 bridgehead atoms. The molecule has 5 heteroatoms. The van der Waals surface area contributed by atoms with E-state index in [-0.39, 0.29) is 11.4 Å². The fourth-order valence-corrected chi connectivity index (χ4v) is 3.52. The Labute approximate surface area is 114 Å². The van der Waals surface area contributed by atoms with E-state index in [2.05, 4.69) is 15.2 Å². The molecule has 1 aliphatic carbocycles. The van der Waals surface area contributed by atoms with Crippen molar-refractivity contribution in [3.05, 3.63) is 18.2 Å². The van der Waals surface area contributed by atoms with Crippen molar-refractivity contribution in [1.82, 2.24) is 19.8 Å². The van der Waals surface area contributed by atoms with Crippen LogP contribution in [0.2, 0.25) is 0 Å². The highest BCUT2D eigenvalue weighted by Crippen LogP contribution is 2.35. The smallest absolute Gasteiger partial charge is 0.272 e. The van der Waals surface area contributed by atoms with Crippen molar-refractivity contribution < 1.29 is 4.79 Å². The molecule has 1 aliphatic heterocycles. The second kappa shape index (κ2) is 4.96.